The van der Waals surface area contributed by atoms with Crippen molar-refractivity contribution in [2.45, 2.75) is 25.6 Å². The summed E-state index contributed by atoms with van der Waals surface area (Å²) in [6.45, 7) is 4.14. The first-order valence-electron chi connectivity index (χ1n) is 3.90. The molecule has 0 aliphatic carbocycles. The molecule has 12 heavy (non-hydrogen) atoms. The quantitative estimate of drug-likeness (QED) is 0.641. The Morgan fingerprint density at radius 1 is 1.08 bits per heavy atom. The van der Waals surface area contributed by atoms with E-state index in [4.69, 9.17) is 23.2 Å². The van der Waals surface area contributed by atoms with Crippen LogP contribution in [0.4, 0.5) is 0 Å². The maximum absolute atomic E-state index is 5.82. The summed E-state index contributed by atoms with van der Waals surface area (Å²) in [6, 6.07) is 4.14. The molecule has 0 fully saturated rings. The van der Waals surface area contributed by atoms with Crippen molar-refractivity contribution in [2.24, 2.45) is 0 Å². The SMILES string of the molecule is Cc1ccc(CCl)c(C)c1CCl. The molecule has 0 heterocycles. The topological polar surface area (TPSA) is 0 Å². The van der Waals surface area contributed by atoms with Gasteiger partial charge in [-0.2, -0.15) is 0 Å². The van der Waals surface area contributed by atoms with Crippen LogP contribution in [0.3, 0.4) is 0 Å². The molecule has 0 saturated carbocycles. The van der Waals surface area contributed by atoms with E-state index in [1.54, 1.807) is 0 Å². The van der Waals surface area contributed by atoms with Crippen LogP contribution in [0.1, 0.15) is 22.3 Å². The zero-order chi connectivity index (χ0) is 9.14. The lowest BCUT2D eigenvalue weighted by Crippen LogP contribution is -1.94. The highest BCUT2D eigenvalue weighted by Crippen LogP contribution is 2.21. The van der Waals surface area contributed by atoms with Crippen LogP contribution in [0.15, 0.2) is 12.1 Å². The third kappa shape index (κ3) is 1.75. The van der Waals surface area contributed by atoms with Crippen molar-refractivity contribution in [1.82, 2.24) is 0 Å². The van der Waals surface area contributed by atoms with Crippen LogP contribution in [-0.4, -0.2) is 0 Å². The van der Waals surface area contributed by atoms with Gasteiger partial charge in [0.25, 0.3) is 0 Å². The smallest absolute Gasteiger partial charge is 0.0479 e. The number of halogens is 2. The molecule has 0 N–H and O–H groups in total. The van der Waals surface area contributed by atoms with E-state index < -0.39 is 0 Å². The highest BCUT2D eigenvalue weighted by atomic mass is 35.5. The predicted octanol–water partition coefficient (Wildman–Crippen LogP) is 3.78. The molecule has 0 radical (unpaired) electrons. The van der Waals surface area contributed by atoms with E-state index in [-0.39, 0.29) is 0 Å². The predicted molar refractivity (Wildman–Crippen MR) is 55.0 cm³/mol. The van der Waals surface area contributed by atoms with Crippen LogP contribution < -0.4 is 0 Å². The number of hydrogen-bond acceptors (Lipinski definition) is 0. The lowest BCUT2D eigenvalue weighted by Gasteiger charge is -2.09. The van der Waals surface area contributed by atoms with Gasteiger partial charge in [0.05, 0.1) is 0 Å². The van der Waals surface area contributed by atoms with Gasteiger partial charge in [0.2, 0.25) is 0 Å². The molecule has 0 spiro atoms. The molecule has 0 amide bonds. The first-order valence-corrected chi connectivity index (χ1v) is 4.97. The van der Waals surface area contributed by atoms with E-state index in [2.05, 4.69) is 26.0 Å². The third-order valence-corrected chi connectivity index (χ3v) is 2.78. The molecule has 0 atom stereocenters. The molecule has 2 heteroatoms. The van der Waals surface area contributed by atoms with Crippen molar-refractivity contribution in [3.8, 4) is 0 Å². The molecule has 0 nitrogen and oxygen atoms in total. The summed E-state index contributed by atoms with van der Waals surface area (Å²) in [4.78, 5) is 0. The maximum atomic E-state index is 5.82. The lowest BCUT2D eigenvalue weighted by atomic mass is 10.00. The van der Waals surface area contributed by atoms with Crippen molar-refractivity contribution in [3.05, 3.63) is 34.4 Å². The van der Waals surface area contributed by atoms with Crippen molar-refractivity contribution in [2.75, 3.05) is 0 Å². The van der Waals surface area contributed by atoms with Crippen LogP contribution in [-0.2, 0) is 11.8 Å². The maximum Gasteiger partial charge on any atom is 0.0479 e. The van der Waals surface area contributed by atoms with E-state index in [0.29, 0.717) is 11.8 Å². The zero-order valence-corrected chi connectivity index (χ0v) is 8.84. The van der Waals surface area contributed by atoms with Crippen LogP contribution in [0.5, 0.6) is 0 Å². The summed E-state index contributed by atoms with van der Waals surface area (Å²) in [5.74, 6) is 1.14. The standard InChI is InChI=1S/C10H12Cl2/c1-7-3-4-9(5-11)8(2)10(7)6-12/h3-4H,5-6H2,1-2H3. The van der Waals surface area contributed by atoms with Crippen molar-refractivity contribution >= 4 is 23.2 Å². The van der Waals surface area contributed by atoms with Gasteiger partial charge in [-0.1, -0.05) is 12.1 Å². The largest absolute Gasteiger partial charge is 0.122 e. The number of hydrogen-bond donors (Lipinski definition) is 0. The van der Waals surface area contributed by atoms with Crippen molar-refractivity contribution < 1.29 is 0 Å². The van der Waals surface area contributed by atoms with Crippen LogP contribution in [0.25, 0.3) is 0 Å². The summed E-state index contributed by atoms with van der Waals surface area (Å²) in [5, 5.41) is 0. The Kier molecular flexibility index (Phi) is 3.42. The molecule has 1 aromatic carbocycles. The number of alkyl halides is 2. The van der Waals surface area contributed by atoms with Gasteiger partial charge in [-0.05, 0) is 36.1 Å². The van der Waals surface area contributed by atoms with Gasteiger partial charge in [0, 0.05) is 11.8 Å². The van der Waals surface area contributed by atoms with Gasteiger partial charge >= 0.3 is 0 Å². The van der Waals surface area contributed by atoms with Gasteiger partial charge < -0.3 is 0 Å². The van der Waals surface area contributed by atoms with E-state index in [1.807, 2.05) is 0 Å². The zero-order valence-electron chi connectivity index (χ0n) is 7.32. The second-order valence-electron chi connectivity index (χ2n) is 2.91. The Balaban J connectivity index is 3.24. The molecule has 0 saturated heterocycles. The monoisotopic (exact) mass is 202 g/mol. The molecule has 0 aromatic heterocycles. The molecular weight excluding hydrogens is 191 g/mol. The minimum absolute atomic E-state index is 0.565. The fourth-order valence-corrected chi connectivity index (χ4v) is 1.99. The van der Waals surface area contributed by atoms with E-state index in [9.17, 15) is 0 Å². The number of aryl methyl sites for hydroxylation is 1. The lowest BCUT2D eigenvalue weighted by molar-refractivity contribution is 1.18. The normalized spacial score (nSPS) is 10.3. The third-order valence-electron chi connectivity index (χ3n) is 2.22. The first-order chi connectivity index (χ1) is 5.70. The molecule has 66 valence electrons. The van der Waals surface area contributed by atoms with Crippen molar-refractivity contribution in [3.63, 3.8) is 0 Å². The molecule has 0 aliphatic heterocycles. The van der Waals surface area contributed by atoms with Crippen LogP contribution in [0, 0.1) is 13.8 Å². The summed E-state index contributed by atoms with van der Waals surface area (Å²) in [6.07, 6.45) is 0. The minimum Gasteiger partial charge on any atom is -0.122 e. The summed E-state index contributed by atoms with van der Waals surface area (Å²) in [7, 11) is 0. The van der Waals surface area contributed by atoms with E-state index in [0.717, 1.165) is 0 Å². The Morgan fingerprint density at radius 2 is 1.75 bits per heavy atom. The van der Waals surface area contributed by atoms with Gasteiger partial charge in [0.15, 0.2) is 0 Å². The van der Waals surface area contributed by atoms with Crippen molar-refractivity contribution in [1.29, 1.82) is 0 Å². The molecular formula is C10H12Cl2. The summed E-state index contributed by atoms with van der Waals surface area (Å²) < 4.78 is 0. The van der Waals surface area contributed by atoms with E-state index >= 15 is 0 Å². The van der Waals surface area contributed by atoms with Gasteiger partial charge in [-0.25, -0.2) is 0 Å². The average molecular weight is 203 g/mol. The Bertz CT molecular complexity index is 279. The summed E-state index contributed by atoms with van der Waals surface area (Å²) >= 11 is 11.6. The Morgan fingerprint density at radius 3 is 2.25 bits per heavy atom. The Hall–Kier alpha value is -0.200. The highest BCUT2D eigenvalue weighted by Gasteiger charge is 2.04. The molecule has 0 aliphatic rings. The fourth-order valence-electron chi connectivity index (χ4n) is 1.29. The first kappa shape index (κ1) is 9.88. The van der Waals surface area contributed by atoms with Crippen LogP contribution in [0.2, 0.25) is 0 Å². The van der Waals surface area contributed by atoms with Gasteiger partial charge in [-0.3, -0.25) is 0 Å². The summed E-state index contributed by atoms with van der Waals surface area (Å²) in [5.41, 5.74) is 4.88. The average Bonchev–Trinajstić information content (AvgIpc) is 2.06. The van der Waals surface area contributed by atoms with Crippen LogP contribution >= 0.6 is 23.2 Å². The Labute approximate surface area is 83.5 Å². The molecule has 0 unspecified atom stereocenters. The minimum atomic E-state index is 0.565. The highest BCUT2D eigenvalue weighted by molar-refractivity contribution is 6.18. The number of benzene rings is 1. The second kappa shape index (κ2) is 4.15. The van der Waals surface area contributed by atoms with E-state index in [1.165, 1.54) is 22.3 Å². The number of rotatable bonds is 2. The van der Waals surface area contributed by atoms with Gasteiger partial charge in [0.1, 0.15) is 0 Å². The second-order valence-corrected chi connectivity index (χ2v) is 3.45. The molecule has 1 rings (SSSR count). The fraction of sp³-hybridized carbons (Fsp3) is 0.400. The molecule has 0 bridgehead atoms. The molecule has 1 aromatic rings. The van der Waals surface area contributed by atoms with Gasteiger partial charge in [-0.15, -0.1) is 23.2 Å².